The molecule has 2 aliphatic heterocycles. The first-order valence-corrected chi connectivity index (χ1v) is 22.7. The molecule has 4 N–H and O–H groups in total. The van der Waals surface area contributed by atoms with Crippen LogP contribution < -0.4 is 10.6 Å². The lowest BCUT2D eigenvalue weighted by atomic mass is 9.95. The second-order valence-corrected chi connectivity index (χ2v) is 17.7. The molecule has 7 aromatic rings. The number of nitrogens with zero attached hydrogens (tertiary/aromatic N) is 4. The Morgan fingerprint density at radius 3 is 2.16 bits per heavy atom. The molecule has 344 valence electrons. The van der Waals surface area contributed by atoms with Crippen LogP contribution in [0, 0.1) is 23.7 Å². The molecule has 15 heteroatoms. The summed E-state index contributed by atoms with van der Waals surface area (Å²) in [6, 6.07) is 25.7. The number of ether oxygens (including phenoxy) is 3. The van der Waals surface area contributed by atoms with Gasteiger partial charge < -0.3 is 44.6 Å². The van der Waals surface area contributed by atoms with Crippen molar-refractivity contribution in [1.29, 1.82) is 0 Å². The maximum absolute atomic E-state index is 14.4. The van der Waals surface area contributed by atoms with Crippen molar-refractivity contribution in [3.8, 4) is 23.0 Å². The van der Waals surface area contributed by atoms with Crippen LogP contribution in [-0.2, 0) is 23.8 Å². The summed E-state index contributed by atoms with van der Waals surface area (Å²) in [5, 5.41) is 9.43. The first kappa shape index (κ1) is 44.7. The molecule has 0 unspecified atom stereocenters. The molecule has 5 aromatic carbocycles. The summed E-state index contributed by atoms with van der Waals surface area (Å²) >= 11 is 0. The molecule has 2 aliphatic rings. The first-order valence-electron chi connectivity index (χ1n) is 22.7. The smallest absolute Gasteiger partial charge is 0.407 e. The van der Waals surface area contributed by atoms with Crippen LogP contribution >= 0.6 is 0 Å². The fraction of sp³-hybridized carbons (Fsp3) is 0.346. The summed E-state index contributed by atoms with van der Waals surface area (Å²) in [5.74, 6) is 7.27. The number of methoxy groups -OCH3 is 3. The van der Waals surface area contributed by atoms with E-state index in [2.05, 4.69) is 74.9 Å². The Morgan fingerprint density at radius 2 is 1.45 bits per heavy atom. The van der Waals surface area contributed by atoms with E-state index in [0.717, 1.165) is 73.1 Å². The molecule has 15 nitrogen and oxygen atoms in total. The van der Waals surface area contributed by atoms with Crippen LogP contribution in [0.15, 0.2) is 84.9 Å². The number of aromatic amines is 2. The molecule has 0 saturated carbocycles. The first-order chi connectivity index (χ1) is 32.5. The van der Waals surface area contributed by atoms with Crippen LogP contribution in [0.4, 0.5) is 9.59 Å². The van der Waals surface area contributed by atoms with Crippen molar-refractivity contribution < 1.29 is 33.4 Å². The van der Waals surface area contributed by atoms with Crippen molar-refractivity contribution in [1.82, 2.24) is 40.4 Å². The molecule has 0 radical (unpaired) electrons. The zero-order valence-electron chi connectivity index (χ0n) is 38.4. The molecule has 4 amide bonds. The van der Waals surface area contributed by atoms with Gasteiger partial charge in [0, 0.05) is 47.8 Å². The third-order valence-corrected chi connectivity index (χ3v) is 13.2. The molecule has 4 heterocycles. The molecule has 2 aromatic heterocycles. The van der Waals surface area contributed by atoms with Crippen molar-refractivity contribution in [3.63, 3.8) is 0 Å². The van der Waals surface area contributed by atoms with E-state index >= 15 is 0 Å². The van der Waals surface area contributed by atoms with Crippen LogP contribution in [0.5, 0.6) is 0 Å². The lowest BCUT2D eigenvalue weighted by molar-refractivity contribution is -0.136. The summed E-state index contributed by atoms with van der Waals surface area (Å²) in [7, 11) is 4.23. The minimum atomic E-state index is -0.953. The Morgan fingerprint density at radius 1 is 0.761 bits per heavy atom. The van der Waals surface area contributed by atoms with Crippen LogP contribution in [0.3, 0.4) is 0 Å². The molecule has 67 heavy (non-hydrogen) atoms. The van der Waals surface area contributed by atoms with Crippen molar-refractivity contribution in [2.24, 2.45) is 11.8 Å². The number of rotatable bonds is 11. The van der Waals surface area contributed by atoms with E-state index in [9.17, 15) is 19.2 Å². The zero-order chi connectivity index (χ0) is 46.9. The number of hydrogen-bond donors (Lipinski definition) is 4. The van der Waals surface area contributed by atoms with Gasteiger partial charge in [0.2, 0.25) is 5.91 Å². The van der Waals surface area contributed by atoms with Crippen LogP contribution in [0.1, 0.15) is 80.9 Å². The second-order valence-electron chi connectivity index (χ2n) is 17.7. The number of likely N-dealkylation sites (tertiary alicyclic amines) is 2. The van der Waals surface area contributed by atoms with Crippen molar-refractivity contribution in [2.45, 2.75) is 64.2 Å². The van der Waals surface area contributed by atoms with E-state index < -0.39 is 24.3 Å². The van der Waals surface area contributed by atoms with Crippen LogP contribution in [-0.4, -0.2) is 101 Å². The third kappa shape index (κ3) is 8.60. The van der Waals surface area contributed by atoms with Gasteiger partial charge in [-0.1, -0.05) is 80.4 Å². The minimum Gasteiger partial charge on any atom is -0.453 e. The fourth-order valence-electron chi connectivity index (χ4n) is 9.91. The number of H-pyrrole nitrogens is 2. The summed E-state index contributed by atoms with van der Waals surface area (Å²) in [4.78, 5) is 73.9. The van der Waals surface area contributed by atoms with Gasteiger partial charge in [-0.05, 0) is 78.4 Å². The van der Waals surface area contributed by atoms with E-state index in [-0.39, 0.29) is 35.7 Å². The number of carbonyl (C=O) groups is 4. The standard InChI is InChI=1S/C52H54N8O7/c1-7-12-34-26-40-46(56-47(54-40)41-15-11-22-59(41)49(61)43(29(2)3)57-51(63)66-5)37-20-17-33(25-38(34)37)32-16-19-36-35(24-32)18-21-39-45(36)55-48(53-39)42-23-30(28-65-4)27-60(42)50(62)44(58-52(64)67-6)31-13-9-8-10-14-31/h8-10,13-14,16-21,24-26,29-30,41-44H,11,15,22-23,27-28H2,1-6H3,(H,53,55)(H,54,56)(H,57,63)(H,58,64)/t30-,41-,42-,43-,44+/m0/s1. The molecular formula is C52H54N8O7. The lowest BCUT2D eigenvalue weighted by Gasteiger charge is -2.29. The number of nitrogens with one attached hydrogen (secondary N) is 4. The molecular weight excluding hydrogens is 849 g/mol. The number of alkyl carbamates (subject to hydrolysis) is 2. The number of fused-ring (bicyclic) bond motifs is 6. The largest absolute Gasteiger partial charge is 0.453 e. The number of imidazole rings is 2. The SMILES string of the molecule is CC#Cc1cc2nc([C@@H]3CCCN3C(=O)[C@@H](NC(=O)OC)C(C)C)[nH]c2c2ccc(-c3ccc4c(ccc5nc([C@@H]6C[C@H](COC)CN6C(=O)[C@H](NC(=O)OC)c6ccccc6)[nH]c54)c3)cc12. The second kappa shape index (κ2) is 18.8. The number of aromatic nitrogens is 4. The van der Waals surface area contributed by atoms with Gasteiger partial charge in [-0.3, -0.25) is 9.59 Å². The summed E-state index contributed by atoms with van der Waals surface area (Å²) in [6.07, 6.45) is 0.854. The highest BCUT2D eigenvalue weighted by molar-refractivity contribution is 6.09. The third-order valence-electron chi connectivity index (χ3n) is 13.2. The molecule has 2 saturated heterocycles. The van der Waals surface area contributed by atoms with Crippen LogP contribution in [0.2, 0.25) is 0 Å². The maximum atomic E-state index is 14.4. The minimum absolute atomic E-state index is 0.0624. The number of hydrogen-bond acceptors (Lipinski definition) is 9. The molecule has 5 atom stereocenters. The van der Waals surface area contributed by atoms with Gasteiger partial charge in [0.25, 0.3) is 5.91 Å². The predicted octanol–water partition coefficient (Wildman–Crippen LogP) is 8.46. The van der Waals surface area contributed by atoms with E-state index in [4.69, 9.17) is 24.2 Å². The molecule has 0 bridgehead atoms. The van der Waals surface area contributed by atoms with E-state index in [0.29, 0.717) is 43.3 Å². The number of amides is 4. The summed E-state index contributed by atoms with van der Waals surface area (Å²) in [5.41, 5.74) is 6.82. The van der Waals surface area contributed by atoms with Gasteiger partial charge in [0.15, 0.2) is 0 Å². The zero-order valence-corrected chi connectivity index (χ0v) is 38.4. The Kier molecular flexibility index (Phi) is 12.6. The van der Waals surface area contributed by atoms with Gasteiger partial charge in [-0.25, -0.2) is 19.6 Å². The summed E-state index contributed by atoms with van der Waals surface area (Å²) < 4.78 is 15.3. The van der Waals surface area contributed by atoms with E-state index in [1.165, 1.54) is 14.2 Å². The van der Waals surface area contributed by atoms with Gasteiger partial charge >= 0.3 is 12.2 Å². The Labute approximate surface area is 387 Å². The Hall–Kier alpha value is -7.44. The highest BCUT2D eigenvalue weighted by Gasteiger charge is 2.42. The topological polar surface area (TPSA) is 184 Å². The Balaban J connectivity index is 1.03. The molecule has 0 aliphatic carbocycles. The Bertz CT molecular complexity index is 3100. The van der Waals surface area contributed by atoms with Gasteiger partial charge in [-0.15, -0.1) is 5.92 Å². The van der Waals surface area contributed by atoms with E-state index in [1.807, 2.05) is 68.1 Å². The maximum Gasteiger partial charge on any atom is 0.407 e. The average molecular weight is 903 g/mol. The highest BCUT2D eigenvalue weighted by Crippen LogP contribution is 2.40. The van der Waals surface area contributed by atoms with Crippen molar-refractivity contribution in [3.05, 3.63) is 108 Å². The quantitative estimate of drug-likeness (QED) is 0.0926. The van der Waals surface area contributed by atoms with Gasteiger partial charge in [0.05, 0.1) is 55.0 Å². The van der Waals surface area contributed by atoms with E-state index in [1.54, 1.807) is 12.0 Å². The molecule has 2 fully saturated rings. The molecule has 0 spiro atoms. The normalized spacial score (nSPS) is 18.0. The average Bonchev–Trinajstić information content (AvgIpc) is 4.18. The fourth-order valence-corrected chi connectivity index (χ4v) is 9.91. The predicted molar refractivity (Wildman–Crippen MR) is 256 cm³/mol. The number of benzene rings is 5. The number of carbonyl (C=O) groups excluding carboxylic acids is 4. The van der Waals surface area contributed by atoms with Crippen LogP contribution in [0.25, 0.3) is 54.7 Å². The van der Waals surface area contributed by atoms with Gasteiger partial charge in [0.1, 0.15) is 23.7 Å². The van der Waals surface area contributed by atoms with Gasteiger partial charge in [-0.2, -0.15) is 0 Å². The summed E-state index contributed by atoms with van der Waals surface area (Å²) in [6.45, 7) is 7.09. The lowest BCUT2D eigenvalue weighted by Crippen LogP contribution is -2.51. The van der Waals surface area contributed by atoms with Crippen molar-refractivity contribution in [2.75, 3.05) is 41.0 Å². The molecule has 9 rings (SSSR count). The monoisotopic (exact) mass is 902 g/mol. The van der Waals surface area contributed by atoms with Crippen molar-refractivity contribution >= 4 is 67.6 Å². The highest BCUT2D eigenvalue weighted by atomic mass is 16.5.